The van der Waals surface area contributed by atoms with E-state index >= 15 is 0 Å². The SMILES string of the molecule is Br.Br.Br.[Zn]. The molecule has 0 bridgehead atoms. The third-order valence-corrected chi connectivity index (χ3v) is 0. The maximum Gasteiger partial charge on any atom is 0 e. The van der Waals surface area contributed by atoms with Crippen LogP contribution < -0.4 is 0 Å². The molecule has 0 spiro atoms. The predicted octanol–water partition coefficient (Wildman–Crippen LogP) is 1.73. The standard InChI is InChI=1S/3BrH.Zn/h3*1H;. The molecule has 0 aromatic rings. The van der Waals surface area contributed by atoms with E-state index in [2.05, 4.69) is 0 Å². The molecule has 4 heavy (non-hydrogen) atoms. The normalized spacial score (nSPS) is 0. The van der Waals surface area contributed by atoms with Gasteiger partial charge in [-0.2, -0.15) is 0 Å². The van der Waals surface area contributed by atoms with Gasteiger partial charge in [-0.15, -0.1) is 50.9 Å². The van der Waals surface area contributed by atoms with Crippen LogP contribution in [0.3, 0.4) is 0 Å². The molecule has 0 saturated carbocycles. The zero-order valence-electron chi connectivity index (χ0n) is 1.93. The van der Waals surface area contributed by atoms with Gasteiger partial charge in [-0.1, -0.05) is 0 Å². The molecule has 0 fully saturated rings. The van der Waals surface area contributed by atoms with Crippen LogP contribution in [0.5, 0.6) is 0 Å². The van der Waals surface area contributed by atoms with Crippen LogP contribution in [0.4, 0.5) is 0 Å². The van der Waals surface area contributed by atoms with Gasteiger partial charge >= 0.3 is 0 Å². The van der Waals surface area contributed by atoms with Gasteiger partial charge in [0, 0.05) is 19.5 Å². The van der Waals surface area contributed by atoms with Gasteiger partial charge in [-0.25, -0.2) is 0 Å². The first kappa shape index (κ1) is 36.5. The third kappa shape index (κ3) is 8.96. The summed E-state index contributed by atoms with van der Waals surface area (Å²) >= 11 is 0. The van der Waals surface area contributed by atoms with Crippen molar-refractivity contribution < 1.29 is 19.5 Å². The zero-order chi connectivity index (χ0) is 0. The van der Waals surface area contributed by atoms with Crippen LogP contribution >= 0.6 is 50.9 Å². The van der Waals surface area contributed by atoms with Gasteiger partial charge in [0.25, 0.3) is 0 Å². The smallest absolute Gasteiger partial charge is 0 e. The summed E-state index contributed by atoms with van der Waals surface area (Å²) in [6, 6.07) is 0. The first-order chi connectivity index (χ1) is 0. The summed E-state index contributed by atoms with van der Waals surface area (Å²) in [5, 5.41) is 0. The molecular weight excluding hydrogens is 305 g/mol. The Kier molecular flexibility index (Phi) is 179. The Balaban J connectivity index is 0. The van der Waals surface area contributed by atoms with Crippen LogP contribution in [0, 0.1) is 0 Å². The Bertz CT molecular complexity index is 3.25. The molecule has 0 nitrogen and oxygen atoms in total. The van der Waals surface area contributed by atoms with Crippen LogP contribution in [0.2, 0.25) is 0 Å². The summed E-state index contributed by atoms with van der Waals surface area (Å²) in [5.74, 6) is 0. The van der Waals surface area contributed by atoms with E-state index in [-0.39, 0.29) is 70.4 Å². The van der Waals surface area contributed by atoms with E-state index in [1.54, 1.807) is 0 Å². The molecule has 0 aromatic carbocycles. The molecule has 26 valence electrons. The average molecular weight is 308 g/mol. The molecule has 0 unspecified atom stereocenters. The Labute approximate surface area is 69.8 Å². The van der Waals surface area contributed by atoms with E-state index in [1.807, 2.05) is 0 Å². The van der Waals surface area contributed by atoms with Crippen molar-refractivity contribution in [3.8, 4) is 0 Å². The second-order valence-corrected chi connectivity index (χ2v) is 0. The van der Waals surface area contributed by atoms with Gasteiger partial charge in [-0.05, 0) is 0 Å². The molecule has 0 aliphatic rings. The molecule has 0 rings (SSSR count). The van der Waals surface area contributed by atoms with E-state index in [4.69, 9.17) is 0 Å². The third-order valence-electron chi connectivity index (χ3n) is 0. The fourth-order valence-electron chi connectivity index (χ4n) is 0. The summed E-state index contributed by atoms with van der Waals surface area (Å²) in [4.78, 5) is 0. The van der Waals surface area contributed by atoms with Crippen LogP contribution in [0.25, 0.3) is 0 Å². The minimum Gasteiger partial charge on any atom is -0.114 e. The van der Waals surface area contributed by atoms with Crippen LogP contribution in [0.1, 0.15) is 0 Å². The van der Waals surface area contributed by atoms with Crippen molar-refractivity contribution in [2.24, 2.45) is 0 Å². The van der Waals surface area contributed by atoms with Crippen molar-refractivity contribution >= 4 is 50.9 Å². The molecular formula is H3Br3Zn. The topological polar surface area (TPSA) is 0 Å². The van der Waals surface area contributed by atoms with Crippen molar-refractivity contribution in [3.05, 3.63) is 0 Å². The predicted molar refractivity (Wildman–Crippen MR) is 31.0 cm³/mol. The Morgan fingerprint density at radius 2 is 0.500 bits per heavy atom. The number of rotatable bonds is 0. The summed E-state index contributed by atoms with van der Waals surface area (Å²) < 4.78 is 0. The minimum atomic E-state index is 0. The van der Waals surface area contributed by atoms with E-state index < -0.39 is 0 Å². The quantitative estimate of drug-likeness (QED) is 0.598. The fourth-order valence-corrected chi connectivity index (χ4v) is 0. The molecule has 0 amide bonds. The average Bonchev–Trinajstić information content (AvgIpc) is 0. The largest absolute Gasteiger partial charge is 0.114 e. The van der Waals surface area contributed by atoms with Crippen molar-refractivity contribution in [1.82, 2.24) is 0 Å². The summed E-state index contributed by atoms with van der Waals surface area (Å²) in [5.41, 5.74) is 0. The summed E-state index contributed by atoms with van der Waals surface area (Å²) in [6.45, 7) is 0. The first-order valence-electron chi connectivity index (χ1n) is 0. The van der Waals surface area contributed by atoms with Gasteiger partial charge in [-0.3, -0.25) is 0 Å². The molecule has 0 heterocycles. The van der Waals surface area contributed by atoms with Gasteiger partial charge in [0.1, 0.15) is 0 Å². The molecule has 0 N–H and O–H groups in total. The van der Waals surface area contributed by atoms with Crippen molar-refractivity contribution in [1.29, 1.82) is 0 Å². The number of halogens is 3. The molecule has 0 aliphatic heterocycles. The monoisotopic (exact) mass is 304 g/mol. The fraction of sp³-hybridized carbons (Fsp3) is 0. The summed E-state index contributed by atoms with van der Waals surface area (Å²) in [6.07, 6.45) is 0. The number of hydrogen-bond donors (Lipinski definition) is 0. The first-order valence-corrected chi connectivity index (χ1v) is 0. The van der Waals surface area contributed by atoms with Crippen LogP contribution in [0.15, 0.2) is 0 Å². The molecule has 0 aliphatic carbocycles. The zero-order valence-corrected chi connectivity index (χ0v) is 10.0. The molecule has 0 saturated heterocycles. The van der Waals surface area contributed by atoms with Gasteiger partial charge in [0.2, 0.25) is 0 Å². The Morgan fingerprint density at radius 3 is 0.500 bits per heavy atom. The second kappa shape index (κ2) is 19.6. The van der Waals surface area contributed by atoms with E-state index in [0.29, 0.717) is 0 Å². The summed E-state index contributed by atoms with van der Waals surface area (Å²) in [7, 11) is 0. The van der Waals surface area contributed by atoms with Crippen LogP contribution in [-0.4, -0.2) is 0 Å². The van der Waals surface area contributed by atoms with Crippen molar-refractivity contribution in [3.63, 3.8) is 0 Å². The van der Waals surface area contributed by atoms with Crippen LogP contribution in [-0.2, 0) is 19.5 Å². The van der Waals surface area contributed by atoms with E-state index in [0.717, 1.165) is 0 Å². The molecule has 4 heteroatoms. The van der Waals surface area contributed by atoms with E-state index in [1.165, 1.54) is 0 Å². The van der Waals surface area contributed by atoms with Gasteiger partial charge < -0.3 is 0 Å². The van der Waals surface area contributed by atoms with Gasteiger partial charge in [0.15, 0.2) is 0 Å². The maximum absolute atomic E-state index is 0. The molecule has 0 aromatic heterocycles. The van der Waals surface area contributed by atoms with Gasteiger partial charge in [0.05, 0.1) is 0 Å². The second-order valence-electron chi connectivity index (χ2n) is 0. The minimum absolute atomic E-state index is 0. The maximum atomic E-state index is 0. The van der Waals surface area contributed by atoms with Crippen molar-refractivity contribution in [2.75, 3.05) is 0 Å². The van der Waals surface area contributed by atoms with Crippen molar-refractivity contribution in [2.45, 2.75) is 0 Å². The van der Waals surface area contributed by atoms with E-state index in [9.17, 15) is 0 Å². The molecule has 0 atom stereocenters. The number of hydrogen-bond acceptors (Lipinski definition) is 0. The Hall–Kier alpha value is 2.06. The molecule has 0 radical (unpaired) electrons. The Morgan fingerprint density at radius 1 is 0.500 bits per heavy atom.